The van der Waals surface area contributed by atoms with Crippen LogP contribution in [0.4, 0.5) is 0 Å². The molecular formula is C21H20BrN2O3+. The molecule has 2 aromatic carbocycles. The molecule has 0 radical (unpaired) electrons. The van der Waals surface area contributed by atoms with Gasteiger partial charge >= 0.3 is 0 Å². The van der Waals surface area contributed by atoms with E-state index in [9.17, 15) is 4.79 Å². The highest BCUT2D eigenvalue weighted by molar-refractivity contribution is 9.10. The van der Waals surface area contributed by atoms with E-state index in [1.807, 2.05) is 65.8 Å². The quantitative estimate of drug-likeness (QED) is 0.447. The van der Waals surface area contributed by atoms with Crippen LogP contribution in [-0.2, 0) is 19.5 Å². The van der Waals surface area contributed by atoms with Gasteiger partial charge in [-0.1, -0.05) is 28.1 Å². The summed E-state index contributed by atoms with van der Waals surface area (Å²) in [7, 11) is 1.67. The number of methoxy groups -OCH3 is 1. The zero-order valence-electron chi connectivity index (χ0n) is 15.0. The van der Waals surface area contributed by atoms with Gasteiger partial charge in [0, 0.05) is 22.0 Å². The number of hydrogen-bond donors (Lipinski definition) is 0. The maximum Gasteiger partial charge on any atom is 0.244 e. The van der Waals surface area contributed by atoms with Gasteiger partial charge in [-0.05, 0) is 30.3 Å². The van der Waals surface area contributed by atoms with Crippen LogP contribution < -0.4 is 14.0 Å². The van der Waals surface area contributed by atoms with E-state index in [0.717, 1.165) is 28.9 Å². The fraction of sp³-hybridized carbons (Fsp3) is 0.238. The summed E-state index contributed by atoms with van der Waals surface area (Å²) in [6, 6.07) is 13.3. The molecule has 0 aliphatic carbocycles. The second-order valence-electron chi connectivity index (χ2n) is 6.63. The van der Waals surface area contributed by atoms with Gasteiger partial charge in [0.1, 0.15) is 36.5 Å². The van der Waals surface area contributed by atoms with Crippen molar-refractivity contribution in [3.8, 4) is 11.5 Å². The van der Waals surface area contributed by atoms with E-state index in [-0.39, 0.29) is 11.9 Å². The van der Waals surface area contributed by atoms with Crippen molar-refractivity contribution in [2.45, 2.75) is 25.6 Å². The summed E-state index contributed by atoms with van der Waals surface area (Å²) in [4.78, 5) is 12.4. The topological polar surface area (TPSA) is 44.3 Å². The van der Waals surface area contributed by atoms with E-state index in [1.54, 1.807) is 7.11 Å². The summed E-state index contributed by atoms with van der Waals surface area (Å²) in [6.45, 7) is 1.05. The van der Waals surface area contributed by atoms with Gasteiger partial charge in [-0.15, -0.1) is 0 Å². The Morgan fingerprint density at radius 1 is 1.30 bits per heavy atom. The van der Waals surface area contributed by atoms with Crippen LogP contribution in [-0.4, -0.2) is 23.6 Å². The highest BCUT2D eigenvalue weighted by Gasteiger charge is 2.25. The maximum absolute atomic E-state index is 12.4. The Kier molecular flexibility index (Phi) is 4.99. The molecule has 27 heavy (non-hydrogen) atoms. The van der Waals surface area contributed by atoms with Crippen LogP contribution in [0.2, 0.25) is 0 Å². The lowest BCUT2D eigenvalue weighted by atomic mass is 10.1. The fourth-order valence-electron chi connectivity index (χ4n) is 3.29. The minimum Gasteiger partial charge on any atom is -0.497 e. The highest BCUT2D eigenvalue weighted by atomic mass is 79.9. The van der Waals surface area contributed by atoms with Gasteiger partial charge in [-0.25, -0.2) is 9.13 Å². The van der Waals surface area contributed by atoms with E-state index in [0.29, 0.717) is 12.1 Å². The zero-order valence-corrected chi connectivity index (χ0v) is 16.6. The van der Waals surface area contributed by atoms with Crippen LogP contribution in [0, 0.1) is 0 Å². The Balaban J connectivity index is 1.37. The van der Waals surface area contributed by atoms with Gasteiger partial charge in [-0.3, -0.25) is 4.79 Å². The molecule has 5 nitrogen and oxygen atoms in total. The smallest absolute Gasteiger partial charge is 0.244 e. The first-order chi connectivity index (χ1) is 13.1. The number of carbonyl (C=O) groups is 1. The maximum atomic E-state index is 12.4. The summed E-state index contributed by atoms with van der Waals surface area (Å²) in [6.07, 6.45) is 6.77. The number of rotatable bonds is 6. The summed E-state index contributed by atoms with van der Waals surface area (Å²) >= 11 is 3.39. The third kappa shape index (κ3) is 4.06. The molecule has 0 amide bonds. The van der Waals surface area contributed by atoms with Crippen LogP contribution >= 0.6 is 15.9 Å². The first kappa shape index (κ1) is 17.8. The van der Waals surface area contributed by atoms with Crippen molar-refractivity contribution >= 4 is 21.7 Å². The van der Waals surface area contributed by atoms with Crippen LogP contribution in [0.3, 0.4) is 0 Å². The molecule has 1 unspecified atom stereocenters. The normalized spacial score (nSPS) is 15.3. The third-order valence-electron chi connectivity index (χ3n) is 4.66. The molecule has 138 valence electrons. The molecule has 2 heterocycles. The van der Waals surface area contributed by atoms with Gasteiger partial charge in [0.05, 0.1) is 7.11 Å². The number of fused-ring (bicyclic) bond motifs is 1. The molecule has 0 N–H and O–H groups in total. The van der Waals surface area contributed by atoms with Crippen LogP contribution in [0.15, 0.2) is 65.7 Å². The number of ether oxygens (including phenoxy) is 2. The van der Waals surface area contributed by atoms with Crippen LogP contribution in [0.1, 0.15) is 15.9 Å². The summed E-state index contributed by atoms with van der Waals surface area (Å²) in [5.74, 6) is 1.86. The number of aromatic nitrogens is 2. The predicted molar refractivity (Wildman–Crippen MR) is 104 cm³/mol. The van der Waals surface area contributed by atoms with E-state index in [2.05, 4.69) is 20.5 Å². The van der Waals surface area contributed by atoms with Gasteiger partial charge in [0.15, 0.2) is 6.54 Å². The van der Waals surface area contributed by atoms with Gasteiger partial charge < -0.3 is 9.47 Å². The first-order valence-electron chi connectivity index (χ1n) is 8.78. The van der Waals surface area contributed by atoms with Crippen molar-refractivity contribution in [1.82, 2.24) is 4.57 Å². The van der Waals surface area contributed by atoms with E-state index in [1.165, 1.54) is 5.56 Å². The minimum absolute atomic E-state index is 0.0788. The van der Waals surface area contributed by atoms with E-state index in [4.69, 9.17) is 9.47 Å². The van der Waals surface area contributed by atoms with Crippen molar-refractivity contribution in [3.63, 3.8) is 0 Å². The molecule has 0 bridgehead atoms. The van der Waals surface area contributed by atoms with E-state index >= 15 is 0 Å². The molecule has 6 heteroatoms. The lowest BCUT2D eigenvalue weighted by Crippen LogP contribution is -2.36. The lowest BCUT2D eigenvalue weighted by molar-refractivity contribution is -0.682. The molecule has 0 spiro atoms. The van der Waals surface area contributed by atoms with Gasteiger partial charge in [0.25, 0.3) is 0 Å². The number of Topliss-reactive ketones (excluding diaryl/α,β-unsaturated/α-hetero) is 1. The van der Waals surface area contributed by atoms with E-state index < -0.39 is 0 Å². The molecule has 0 saturated carbocycles. The second kappa shape index (κ2) is 7.56. The standard InChI is InChI=1S/C21H20BrN2O3/c1-26-18-6-7-21-16(10-18)11-19(27-21)12-23-8-9-24(14-23)13-20(25)15-2-4-17(22)5-3-15/h2-10,14,19H,11-13H2,1H3/q+1. The average Bonchev–Trinajstić information content (AvgIpc) is 3.27. The number of nitrogens with zero attached hydrogens (tertiary/aromatic N) is 2. The molecular weight excluding hydrogens is 408 g/mol. The Bertz CT molecular complexity index is 966. The highest BCUT2D eigenvalue weighted by Crippen LogP contribution is 2.32. The second-order valence-corrected chi connectivity index (χ2v) is 7.55. The van der Waals surface area contributed by atoms with Gasteiger partial charge in [0.2, 0.25) is 12.1 Å². The average molecular weight is 428 g/mol. The monoisotopic (exact) mass is 427 g/mol. The number of ketones is 1. The molecule has 0 saturated heterocycles. The Morgan fingerprint density at radius 3 is 2.89 bits per heavy atom. The molecule has 1 aliphatic heterocycles. The number of carbonyl (C=O) groups excluding carboxylic acids is 1. The SMILES string of the molecule is COc1ccc2c(c1)CC(Cn1cc[n+](CC(=O)c3ccc(Br)cc3)c1)O2. The lowest BCUT2D eigenvalue weighted by Gasteiger charge is -2.07. The largest absolute Gasteiger partial charge is 0.497 e. The number of benzene rings is 2. The first-order valence-corrected chi connectivity index (χ1v) is 9.57. The zero-order chi connectivity index (χ0) is 18.8. The van der Waals surface area contributed by atoms with Crippen LogP contribution in [0.25, 0.3) is 0 Å². The Labute approximate surface area is 166 Å². The van der Waals surface area contributed by atoms with Crippen molar-refractivity contribution in [2.75, 3.05) is 7.11 Å². The summed E-state index contributed by atoms with van der Waals surface area (Å²) in [5, 5.41) is 0. The van der Waals surface area contributed by atoms with Crippen molar-refractivity contribution in [1.29, 1.82) is 0 Å². The fourth-order valence-corrected chi connectivity index (χ4v) is 3.56. The molecule has 1 aliphatic rings. The van der Waals surface area contributed by atoms with Crippen molar-refractivity contribution in [2.24, 2.45) is 0 Å². The Morgan fingerprint density at radius 2 is 2.11 bits per heavy atom. The molecule has 0 fully saturated rings. The number of imidazole rings is 1. The summed E-state index contributed by atoms with van der Waals surface area (Å²) in [5.41, 5.74) is 1.88. The molecule has 4 rings (SSSR count). The minimum atomic E-state index is 0.0788. The summed E-state index contributed by atoms with van der Waals surface area (Å²) < 4.78 is 16.2. The number of halogens is 1. The molecule has 1 atom stereocenters. The van der Waals surface area contributed by atoms with Crippen molar-refractivity contribution < 1.29 is 18.8 Å². The Hall–Kier alpha value is -2.60. The van der Waals surface area contributed by atoms with Crippen LogP contribution in [0.5, 0.6) is 11.5 Å². The molecule has 1 aromatic heterocycles. The predicted octanol–water partition coefficient (Wildman–Crippen LogP) is 3.43. The van der Waals surface area contributed by atoms with Crippen molar-refractivity contribution in [3.05, 3.63) is 76.8 Å². The number of hydrogen-bond acceptors (Lipinski definition) is 3. The molecule has 3 aromatic rings. The third-order valence-corrected chi connectivity index (χ3v) is 5.19. The van der Waals surface area contributed by atoms with Gasteiger partial charge in [-0.2, -0.15) is 0 Å².